The number of ether oxygens (including phenoxy) is 1. The van der Waals surface area contributed by atoms with Gasteiger partial charge in [0.2, 0.25) is 5.95 Å². The molecule has 0 bridgehead atoms. The number of aromatic nitrogens is 2. The van der Waals surface area contributed by atoms with Gasteiger partial charge in [-0.2, -0.15) is 4.98 Å². The number of benzene rings is 1. The van der Waals surface area contributed by atoms with Crippen LogP contribution in [0.1, 0.15) is 5.56 Å². The topological polar surface area (TPSA) is 62.3 Å². The Hall–Kier alpha value is -2.25. The molecule has 128 valence electrons. The maximum Gasteiger partial charge on any atom is 0.224 e. The number of nitrogens with one attached hydrogen (secondary N) is 2. The summed E-state index contributed by atoms with van der Waals surface area (Å²) < 4.78 is 18.9. The molecular formula is C17H22FN5O. The first-order chi connectivity index (χ1) is 11.8. The van der Waals surface area contributed by atoms with Crippen molar-refractivity contribution in [2.75, 3.05) is 50.0 Å². The molecule has 0 saturated carbocycles. The second kappa shape index (κ2) is 8.56. The number of rotatable bonds is 7. The van der Waals surface area contributed by atoms with E-state index in [0.29, 0.717) is 18.1 Å². The Balaban J connectivity index is 1.47. The first kappa shape index (κ1) is 16.6. The van der Waals surface area contributed by atoms with Gasteiger partial charge in [0.1, 0.15) is 11.6 Å². The van der Waals surface area contributed by atoms with Crippen molar-refractivity contribution in [3.05, 3.63) is 47.9 Å². The third-order valence-corrected chi connectivity index (χ3v) is 3.89. The quantitative estimate of drug-likeness (QED) is 0.809. The maximum absolute atomic E-state index is 13.6. The van der Waals surface area contributed by atoms with Crippen molar-refractivity contribution in [3.63, 3.8) is 0 Å². The molecule has 1 fully saturated rings. The second-order valence-electron chi connectivity index (χ2n) is 5.59. The molecule has 2 N–H and O–H groups in total. The summed E-state index contributed by atoms with van der Waals surface area (Å²) in [7, 11) is 0. The highest BCUT2D eigenvalue weighted by molar-refractivity contribution is 5.40. The minimum Gasteiger partial charge on any atom is -0.379 e. The van der Waals surface area contributed by atoms with Crippen LogP contribution < -0.4 is 10.6 Å². The van der Waals surface area contributed by atoms with Gasteiger partial charge in [0, 0.05) is 44.5 Å². The lowest BCUT2D eigenvalue weighted by atomic mass is 10.2. The molecule has 2 heterocycles. The summed E-state index contributed by atoms with van der Waals surface area (Å²) in [4.78, 5) is 10.9. The van der Waals surface area contributed by atoms with Crippen molar-refractivity contribution in [1.29, 1.82) is 0 Å². The van der Waals surface area contributed by atoms with Crippen molar-refractivity contribution >= 4 is 11.8 Å². The van der Waals surface area contributed by atoms with Gasteiger partial charge in [-0.1, -0.05) is 18.2 Å². The van der Waals surface area contributed by atoms with Gasteiger partial charge in [-0.25, -0.2) is 9.37 Å². The fourth-order valence-electron chi connectivity index (χ4n) is 2.53. The number of hydrogen-bond donors (Lipinski definition) is 2. The molecule has 24 heavy (non-hydrogen) atoms. The van der Waals surface area contributed by atoms with Crippen LogP contribution in [-0.4, -0.2) is 54.3 Å². The highest BCUT2D eigenvalue weighted by atomic mass is 19.1. The number of hydrogen-bond acceptors (Lipinski definition) is 6. The molecule has 0 atom stereocenters. The van der Waals surface area contributed by atoms with Gasteiger partial charge in [-0.15, -0.1) is 0 Å². The fraction of sp³-hybridized carbons (Fsp3) is 0.412. The summed E-state index contributed by atoms with van der Waals surface area (Å²) in [6, 6.07) is 8.50. The summed E-state index contributed by atoms with van der Waals surface area (Å²) in [6.07, 6.45) is 1.69. The van der Waals surface area contributed by atoms with E-state index in [0.717, 1.165) is 45.2 Å². The molecule has 1 aliphatic rings. The predicted molar refractivity (Wildman–Crippen MR) is 91.5 cm³/mol. The standard InChI is InChI=1S/C17H22FN5O/c18-15-4-2-1-3-14(15)13-21-17-20-6-5-16(22-17)19-7-8-23-9-11-24-12-10-23/h1-6H,7-13H2,(H2,19,20,21,22). The molecule has 1 saturated heterocycles. The highest BCUT2D eigenvalue weighted by Gasteiger charge is 2.09. The van der Waals surface area contributed by atoms with Crippen LogP contribution in [0.15, 0.2) is 36.5 Å². The maximum atomic E-state index is 13.6. The average molecular weight is 331 g/mol. The summed E-state index contributed by atoms with van der Waals surface area (Å²) >= 11 is 0. The van der Waals surface area contributed by atoms with Crippen molar-refractivity contribution in [1.82, 2.24) is 14.9 Å². The SMILES string of the molecule is Fc1ccccc1CNc1nccc(NCCN2CCOCC2)n1. The normalized spacial score (nSPS) is 15.2. The molecule has 3 rings (SSSR count). The van der Waals surface area contributed by atoms with Gasteiger partial charge in [0.25, 0.3) is 0 Å². The Bertz CT molecular complexity index is 648. The summed E-state index contributed by atoms with van der Waals surface area (Å²) in [5.74, 6) is 1.01. The van der Waals surface area contributed by atoms with E-state index in [1.165, 1.54) is 6.07 Å². The van der Waals surface area contributed by atoms with Gasteiger partial charge in [-0.3, -0.25) is 4.90 Å². The summed E-state index contributed by atoms with van der Waals surface area (Å²) in [5, 5.41) is 6.35. The molecular weight excluding hydrogens is 309 g/mol. The fourth-order valence-corrected chi connectivity index (χ4v) is 2.53. The number of nitrogens with zero attached hydrogens (tertiary/aromatic N) is 3. The van der Waals surface area contributed by atoms with Crippen LogP contribution in [0.2, 0.25) is 0 Å². The number of morpholine rings is 1. The molecule has 0 aliphatic carbocycles. The van der Waals surface area contributed by atoms with Crippen molar-refractivity contribution < 1.29 is 9.13 Å². The van der Waals surface area contributed by atoms with Gasteiger partial charge in [-0.05, 0) is 12.1 Å². The smallest absolute Gasteiger partial charge is 0.224 e. The Labute approximate surface area is 141 Å². The average Bonchev–Trinajstić information content (AvgIpc) is 2.62. The highest BCUT2D eigenvalue weighted by Crippen LogP contribution is 2.10. The predicted octanol–water partition coefficient (Wildman–Crippen LogP) is 1.97. The van der Waals surface area contributed by atoms with E-state index in [2.05, 4.69) is 25.5 Å². The lowest BCUT2D eigenvalue weighted by molar-refractivity contribution is 0.0398. The largest absolute Gasteiger partial charge is 0.379 e. The van der Waals surface area contributed by atoms with E-state index in [9.17, 15) is 4.39 Å². The Morgan fingerprint density at radius 2 is 1.96 bits per heavy atom. The van der Waals surface area contributed by atoms with Gasteiger partial charge >= 0.3 is 0 Å². The first-order valence-corrected chi connectivity index (χ1v) is 8.15. The van der Waals surface area contributed by atoms with Gasteiger partial charge < -0.3 is 15.4 Å². The molecule has 1 aromatic carbocycles. The minimum absolute atomic E-state index is 0.232. The van der Waals surface area contributed by atoms with E-state index < -0.39 is 0 Å². The van der Waals surface area contributed by atoms with Crippen LogP contribution in [-0.2, 0) is 11.3 Å². The van der Waals surface area contributed by atoms with Gasteiger partial charge in [0.15, 0.2) is 0 Å². The lowest BCUT2D eigenvalue weighted by Crippen LogP contribution is -2.39. The van der Waals surface area contributed by atoms with E-state index in [1.807, 2.05) is 12.1 Å². The van der Waals surface area contributed by atoms with Crippen LogP contribution >= 0.6 is 0 Å². The zero-order valence-corrected chi connectivity index (χ0v) is 13.5. The summed E-state index contributed by atoms with van der Waals surface area (Å²) in [5.41, 5.74) is 0.590. The summed E-state index contributed by atoms with van der Waals surface area (Å²) in [6.45, 7) is 5.66. The van der Waals surface area contributed by atoms with E-state index in [-0.39, 0.29) is 5.82 Å². The van der Waals surface area contributed by atoms with Crippen molar-refractivity contribution in [3.8, 4) is 0 Å². The van der Waals surface area contributed by atoms with Crippen LogP contribution in [0.4, 0.5) is 16.2 Å². The van der Waals surface area contributed by atoms with E-state index in [4.69, 9.17) is 4.74 Å². The molecule has 1 aliphatic heterocycles. The molecule has 0 amide bonds. The van der Waals surface area contributed by atoms with Crippen molar-refractivity contribution in [2.45, 2.75) is 6.54 Å². The number of anilines is 2. The monoisotopic (exact) mass is 331 g/mol. The molecule has 0 unspecified atom stereocenters. The van der Waals surface area contributed by atoms with Crippen LogP contribution in [0.5, 0.6) is 0 Å². The molecule has 7 heteroatoms. The molecule has 1 aromatic heterocycles. The Morgan fingerprint density at radius 3 is 2.79 bits per heavy atom. The zero-order chi connectivity index (χ0) is 16.6. The molecule has 0 spiro atoms. The Kier molecular flexibility index (Phi) is 5.92. The lowest BCUT2D eigenvalue weighted by Gasteiger charge is -2.26. The third-order valence-electron chi connectivity index (χ3n) is 3.89. The minimum atomic E-state index is -0.232. The Morgan fingerprint density at radius 1 is 1.12 bits per heavy atom. The molecule has 2 aromatic rings. The van der Waals surface area contributed by atoms with Crippen LogP contribution in [0, 0.1) is 5.82 Å². The molecule has 0 radical (unpaired) electrons. The molecule has 6 nitrogen and oxygen atoms in total. The second-order valence-corrected chi connectivity index (χ2v) is 5.59. The third kappa shape index (κ3) is 4.87. The van der Waals surface area contributed by atoms with Crippen LogP contribution in [0.25, 0.3) is 0 Å². The first-order valence-electron chi connectivity index (χ1n) is 8.15. The van der Waals surface area contributed by atoms with Gasteiger partial charge in [0.05, 0.1) is 13.2 Å². The number of halogens is 1. The van der Waals surface area contributed by atoms with Crippen molar-refractivity contribution in [2.24, 2.45) is 0 Å². The van der Waals surface area contributed by atoms with E-state index >= 15 is 0 Å². The zero-order valence-electron chi connectivity index (χ0n) is 13.5. The van der Waals surface area contributed by atoms with Crippen LogP contribution in [0.3, 0.4) is 0 Å². The van der Waals surface area contributed by atoms with E-state index in [1.54, 1.807) is 18.3 Å².